The van der Waals surface area contributed by atoms with Gasteiger partial charge in [0, 0.05) is 11.8 Å². The van der Waals surface area contributed by atoms with Gasteiger partial charge in [-0.25, -0.2) is 0 Å². The van der Waals surface area contributed by atoms with Crippen molar-refractivity contribution in [2.24, 2.45) is 0 Å². The summed E-state index contributed by atoms with van der Waals surface area (Å²) in [7, 11) is -1.49. The molecule has 1 heterocycles. The molecule has 0 amide bonds. The smallest absolute Gasteiger partial charge is 0.0804 e. The number of pyridine rings is 1. The maximum atomic E-state index is 4.84. The van der Waals surface area contributed by atoms with E-state index in [0.717, 1.165) is 5.69 Å². The van der Waals surface area contributed by atoms with Gasteiger partial charge in [0.1, 0.15) is 0 Å². The van der Waals surface area contributed by atoms with Gasteiger partial charge in [0.2, 0.25) is 0 Å². The first-order valence-corrected chi connectivity index (χ1v) is 12.6. The maximum Gasteiger partial charge on any atom is 0.0804 e. The normalized spacial score (nSPS) is 11.7. The number of nitrogens with zero attached hydrogens (tertiary/aromatic N) is 1. The fraction of sp³-hybridized carbons (Fsp3) is 0.125. The first kappa shape index (κ1) is 16.7. The molecular weight excluding hydrogens is 330 g/mol. The van der Waals surface area contributed by atoms with Crippen LogP contribution in [0.25, 0.3) is 33.2 Å². The van der Waals surface area contributed by atoms with Crippen molar-refractivity contribution in [1.82, 2.24) is 4.98 Å². The average molecular weight is 354 g/mol. The molecule has 0 aliphatic heterocycles. The van der Waals surface area contributed by atoms with Gasteiger partial charge < -0.3 is 0 Å². The second kappa shape index (κ2) is 6.54. The quantitative estimate of drug-likeness (QED) is 0.405. The third-order valence-electron chi connectivity index (χ3n) is 4.84. The van der Waals surface area contributed by atoms with Gasteiger partial charge in [-0.15, -0.1) is 0 Å². The van der Waals surface area contributed by atoms with Crippen molar-refractivity contribution in [3.8, 4) is 22.4 Å². The van der Waals surface area contributed by atoms with Crippen molar-refractivity contribution in [3.63, 3.8) is 0 Å². The molecule has 0 fully saturated rings. The Morgan fingerprint density at radius 2 is 1.35 bits per heavy atom. The Kier molecular flexibility index (Phi) is 4.21. The standard InChI is InChI=1S/C24H23NSi/c1-26(2,3)24-17-25-23(16-22(24)19-10-5-4-6-11-19)21-14-13-18-9-7-8-12-20(18)15-21/h4-17H,1-3H3. The first-order valence-electron chi connectivity index (χ1n) is 9.07. The van der Waals surface area contributed by atoms with Crippen molar-refractivity contribution in [1.29, 1.82) is 0 Å². The predicted octanol–water partition coefficient (Wildman–Crippen LogP) is 6.11. The average Bonchev–Trinajstić information content (AvgIpc) is 2.67. The molecule has 0 bridgehead atoms. The highest BCUT2D eigenvalue weighted by Crippen LogP contribution is 2.27. The molecule has 0 atom stereocenters. The molecule has 0 N–H and O–H groups in total. The summed E-state index contributed by atoms with van der Waals surface area (Å²) in [6, 6.07) is 28.0. The van der Waals surface area contributed by atoms with Gasteiger partial charge in [0.05, 0.1) is 13.8 Å². The Labute approximate surface area is 156 Å². The highest BCUT2D eigenvalue weighted by molar-refractivity contribution is 6.89. The Bertz CT molecular complexity index is 1060. The van der Waals surface area contributed by atoms with Crippen LogP contribution in [0.1, 0.15) is 0 Å². The maximum absolute atomic E-state index is 4.84. The number of rotatable bonds is 3. The second-order valence-corrected chi connectivity index (χ2v) is 12.8. The minimum atomic E-state index is -1.49. The lowest BCUT2D eigenvalue weighted by Crippen LogP contribution is -2.39. The molecule has 128 valence electrons. The van der Waals surface area contributed by atoms with Gasteiger partial charge in [-0.3, -0.25) is 4.98 Å². The summed E-state index contributed by atoms with van der Waals surface area (Å²) in [5.74, 6) is 0. The highest BCUT2D eigenvalue weighted by atomic mass is 28.3. The minimum absolute atomic E-state index is 1.04. The van der Waals surface area contributed by atoms with Crippen LogP contribution in [-0.4, -0.2) is 13.1 Å². The Morgan fingerprint density at radius 3 is 2.08 bits per heavy atom. The van der Waals surface area contributed by atoms with Gasteiger partial charge in [0.25, 0.3) is 0 Å². The van der Waals surface area contributed by atoms with Gasteiger partial charge in [0.15, 0.2) is 0 Å². The largest absolute Gasteiger partial charge is 0.256 e. The number of fused-ring (bicyclic) bond motifs is 1. The van der Waals surface area contributed by atoms with Crippen molar-refractivity contribution in [3.05, 3.63) is 85.1 Å². The van der Waals surface area contributed by atoms with E-state index in [9.17, 15) is 0 Å². The Morgan fingerprint density at radius 1 is 0.654 bits per heavy atom. The molecule has 1 nitrogen and oxygen atoms in total. The molecule has 0 saturated carbocycles. The third kappa shape index (κ3) is 3.20. The number of benzene rings is 3. The van der Waals surface area contributed by atoms with Crippen LogP contribution in [0, 0.1) is 0 Å². The van der Waals surface area contributed by atoms with E-state index in [-0.39, 0.29) is 0 Å². The molecule has 4 aromatic rings. The first-order chi connectivity index (χ1) is 12.5. The van der Waals surface area contributed by atoms with E-state index < -0.39 is 8.07 Å². The van der Waals surface area contributed by atoms with Crippen LogP contribution in [0.5, 0.6) is 0 Å². The van der Waals surface area contributed by atoms with E-state index in [1.807, 2.05) is 0 Å². The van der Waals surface area contributed by atoms with Gasteiger partial charge in [-0.2, -0.15) is 0 Å². The van der Waals surface area contributed by atoms with E-state index in [1.165, 1.54) is 32.6 Å². The zero-order valence-corrected chi connectivity index (χ0v) is 16.5. The van der Waals surface area contributed by atoms with E-state index in [0.29, 0.717) is 0 Å². The molecule has 4 rings (SSSR count). The van der Waals surface area contributed by atoms with Gasteiger partial charge >= 0.3 is 0 Å². The van der Waals surface area contributed by atoms with E-state index in [1.54, 1.807) is 0 Å². The van der Waals surface area contributed by atoms with Crippen molar-refractivity contribution >= 4 is 24.0 Å². The molecule has 1 aromatic heterocycles. The highest BCUT2D eigenvalue weighted by Gasteiger charge is 2.22. The van der Waals surface area contributed by atoms with Crippen LogP contribution < -0.4 is 5.19 Å². The Balaban J connectivity index is 1.90. The SMILES string of the molecule is C[Si](C)(C)c1cnc(-c2ccc3ccccc3c2)cc1-c1ccccc1. The fourth-order valence-electron chi connectivity index (χ4n) is 3.42. The lowest BCUT2D eigenvalue weighted by Gasteiger charge is -2.21. The fourth-order valence-corrected chi connectivity index (χ4v) is 4.89. The third-order valence-corrected chi connectivity index (χ3v) is 6.86. The zero-order valence-electron chi connectivity index (χ0n) is 15.5. The molecule has 0 spiro atoms. The molecule has 0 unspecified atom stereocenters. The predicted molar refractivity (Wildman–Crippen MR) is 116 cm³/mol. The van der Waals surface area contributed by atoms with Crippen LogP contribution in [0.4, 0.5) is 0 Å². The summed E-state index contributed by atoms with van der Waals surface area (Å²) < 4.78 is 0. The van der Waals surface area contributed by atoms with E-state index >= 15 is 0 Å². The van der Waals surface area contributed by atoms with Crippen LogP contribution in [0.15, 0.2) is 85.1 Å². The Hall–Kier alpha value is -2.71. The van der Waals surface area contributed by atoms with Crippen molar-refractivity contribution in [2.75, 3.05) is 0 Å². The number of aromatic nitrogens is 1. The van der Waals surface area contributed by atoms with Crippen molar-refractivity contribution in [2.45, 2.75) is 19.6 Å². The monoisotopic (exact) mass is 353 g/mol. The van der Waals surface area contributed by atoms with Crippen LogP contribution in [-0.2, 0) is 0 Å². The lowest BCUT2D eigenvalue weighted by atomic mass is 10.0. The van der Waals surface area contributed by atoms with Crippen LogP contribution >= 0.6 is 0 Å². The summed E-state index contributed by atoms with van der Waals surface area (Å²) in [6.07, 6.45) is 2.11. The summed E-state index contributed by atoms with van der Waals surface area (Å²) in [5.41, 5.74) is 4.80. The van der Waals surface area contributed by atoms with Gasteiger partial charge in [-0.1, -0.05) is 86.4 Å². The molecular formula is C24H23NSi. The molecule has 3 aromatic carbocycles. The summed E-state index contributed by atoms with van der Waals surface area (Å²) in [6.45, 7) is 7.14. The molecule has 26 heavy (non-hydrogen) atoms. The molecule has 2 heteroatoms. The van der Waals surface area contributed by atoms with E-state index in [4.69, 9.17) is 4.98 Å². The molecule has 0 radical (unpaired) electrons. The summed E-state index contributed by atoms with van der Waals surface area (Å²) in [5, 5.41) is 3.92. The zero-order chi connectivity index (χ0) is 18.1. The minimum Gasteiger partial charge on any atom is -0.256 e. The topological polar surface area (TPSA) is 12.9 Å². The molecule has 0 aliphatic rings. The number of hydrogen-bond donors (Lipinski definition) is 0. The lowest BCUT2D eigenvalue weighted by molar-refractivity contribution is 1.34. The summed E-state index contributed by atoms with van der Waals surface area (Å²) in [4.78, 5) is 4.84. The molecule has 0 aliphatic carbocycles. The summed E-state index contributed by atoms with van der Waals surface area (Å²) >= 11 is 0. The van der Waals surface area contributed by atoms with E-state index in [2.05, 4.69) is 105 Å². The van der Waals surface area contributed by atoms with Crippen LogP contribution in [0.3, 0.4) is 0 Å². The number of hydrogen-bond acceptors (Lipinski definition) is 1. The second-order valence-electron chi connectivity index (χ2n) is 7.79. The van der Waals surface area contributed by atoms with Gasteiger partial charge in [-0.05, 0) is 39.2 Å². The van der Waals surface area contributed by atoms with Crippen LogP contribution in [0.2, 0.25) is 19.6 Å². The van der Waals surface area contributed by atoms with Crippen molar-refractivity contribution < 1.29 is 0 Å². The molecule has 0 saturated heterocycles.